The molecule has 0 saturated heterocycles. The van der Waals surface area contributed by atoms with Crippen molar-refractivity contribution in [2.45, 2.75) is 19.4 Å². The van der Waals surface area contributed by atoms with Gasteiger partial charge in [0.1, 0.15) is 5.83 Å². The first-order valence-electron chi connectivity index (χ1n) is 6.05. The molecule has 0 spiro atoms. The van der Waals surface area contributed by atoms with Gasteiger partial charge in [0.15, 0.2) is 5.78 Å². The van der Waals surface area contributed by atoms with Gasteiger partial charge < -0.3 is 0 Å². The molecular formula is C14H14FNOS. The van der Waals surface area contributed by atoms with E-state index in [1.54, 1.807) is 6.08 Å². The molecule has 0 saturated carbocycles. The van der Waals surface area contributed by atoms with E-state index in [0.717, 1.165) is 28.9 Å². The molecule has 0 amide bonds. The molecule has 0 radical (unpaired) electrons. The number of rotatable bonds is 0. The fraction of sp³-hybridized carbons (Fsp3) is 0.357. The highest BCUT2D eigenvalue weighted by atomic mass is 32.2. The van der Waals surface area contributed by atoms with E-state index in [-0.39, 0.29) is 17.5 Å². The average Bonchev–Trinajstić information content (AvgIpc) is 2.55. The first-order chi connectivity index (χ1) is 8.68. The summed E-state index contributed by atoms with van der Waals surface area (Å²) < 4.78 is 17.0. The number of fused-ring (bicyclic) bond motifs is 2. The van der Waals surface area contributed by atoms with Crippen LogP contribution in [0.1, 0.15) is 13.3 Å². The molecule has 0 aromatic carbocycles. The third-order valence-electron chi connectivity index (χ3n) is 3.63. The van der Waals surface area contributed by atoms with E-state index in [1.807, 2.05) is 19.1 Å². The Hall–Kier alpha value is -1.13. The lowest BCUT2D eigenvalue weighted by molar-refractivity contribution is -0.113. The molecule has 2 aliphatic carbocycles. The Bertz CT molecular complexity index is 530. The Morgan fingerprint density at radius 3 is 3.17 bits per heavy atom. The molecule has 0 aromatic heterocycles. The fourth-order valence-electron chi connectivity index (χ4n) is 2.63. The summed E-state index contributed by atoms with van der Waals surface area (Å²) in [5.74, 6) is 0.878. The Labute approximate surface area is 110 Å². The number of carbonyl (C=O) groups is 1. The molecule has 1 N–H and O–H groups in total. The number of halogens is 1. The van der Waals surface area contributed by atoms with Crippen LogP contribution in [0.25, 0.3) is 0 Å². The second-order valence-electron chi connectivity index (χ2n) is 4.79. The first-order valence-corrected chi connectivity index (χ1v) is 7.03. The zero-order valence-electron chi connectivity index (χ0n) is 10.1. The van der Waals surface area contributed by atoms with Crippen LogP contribution >= 0.6 is 11.9 Å². The van der Waals surface area contributed by atoms with Crippen molar-refractivity contribution in [1.82, 2.24) is 4.72 Å². The Kier molecular flexibility index (Phi) is 2.99. The maximum atomic E-state index is 13.9. The van der Waals surface area contributed by atoms with Crippen molar-refractivity contribution in [2.24, 2.45) is 5.92 Å². The van der Waals surface area contributed by atoms with Crippen LogP contribution in [-0.4, -0.2) is 17.6 Å². The van der Waals surface area contributed by atoms with Gasteiger partial charge in [-0.05, 0) is 30.6 Å². The number of hydrogen-bond donors (Lipinski definition) is 1. The van der Waals surface area contributed by atoms with E-state index in [4.69, 9.17) is 0 Å². The van der Waals surface area contributed by atoms with Crippen LogP contribution in [0, 0.1) is 5.92 Å². The lowest BCUT2D eigenvalue weighted by atomic mass is 9.79. The van der Waals surface area contributed by atoms with Gasteiger partial charge in [0.2, 0.25) is 0 Å². The van der Waals surface area contributed by atoms with Gasteiger partial charge in [-0.25, -0.2) is 9.11 Å². The quantitative estimate of drug-likeness (QED) is 0.681. The van der Waals surface area contributed by atoms with Crippen molar-refractivity contribution in [3.05, 3.63) is 46.9 Å². The minimum atomic E-state index is -0.463. The minimum absolute atomic E-state index is 0.0786. The van der Waals surface area contributed by atoms with Crippen molar-refractivity contribution in [2.75, 3.05) is 5.75 Å². The van der Waals surface area contributed by atoms with Gasteiger partial charge in [-0.1, -0.05) is 30.2 Å². The predicted molar refractivity (Wildman–Crippen MR) is 71.6 cm³/mol. The van der Waals surface area contributed by atoms with Crippen molar-refractivity contribution in [1.29, 1.82) is 0 Å². The van der Waals surface area contributed by atoms with Gasteiger partial charge in [-0.3, -0.25) is 4.79 Å². The summed E-state index contributed by atoms with van der Waals surface area (Å²) in [5.41, 5.74) is 2.39. The van der Waals surface area contributed by atoms with E-state index in [2.05, 4.69) is 4.72 Å². The largest absolute Gasteiger partial charge is 0.289 e. The summed E-state index contributed by atoms with van der Waals surface area (Å²) in [4.78, 5) is 12.3. The molecule has 4 heteroatoms. The van der Waals surface area contributed by atoms with Gasteiger partial charge in [-0.2, -0.15) is 0 Å². The van der Waals surface area contributed by atoms with Crippen molar-refractivity contribution in [3.63, 3.8) is 0 Å². The van der Waals surface area contributed by atoms with Crippen LogP contribution in [0.3, 0.4) is 0 Å². The molecule has 2 unspecified atom stereocenters. The zero-order valence-corrected chi connectivity index (χ0v) is 10.9. The second kappa shape index (κ2) is 4.52. The van der Waals surface area contributed by atoms with Gasteiger partial charge in [0.05, 0.1) is 6.04 Å². The lowest BCUT2D eigenvalue weighted by Gasteiger charge is -2.25. The predicted octanol–water partition coefficient (Wildman–Crippen LogP) is 2.86. The molecule has 0 bridgehead atoms. The number of Topliss-reactive ketones (excluding diaryl/α,β-unsaturated/α-hetero) is 1. The zero-order chi connectivity index (χ0) is 12.7. The molecule has 0 fully saturated rings. The standard InChI is InChI=1S/C14H14FNOS/c1-8-5-6-9-7-18-16-13-10(12(9)14(8)17)3-2-4-11(13)15/h2-5,9,13,16H,6-7H2,1H3. The van der Waals surface area contributed by atoms with Crippen LogP contribution in [-0.2, 0) is 4.79 Å². The minimum Gasteiger partial charge on any atom is -0.289 e. The average molecular weight is 263 g/mol. The van der Waals surface area contributed by atoms with Gasteiger partial charge in [0.25, 0.3) is 0 Å². The first kappa shape index (κ1) is 11.9. The Morgan fingerprint density at radius 1 is 1.50 bits per heavy atom. The molecule has 0 aromatic rings. The number of hydrogen-bond acceptors (Lipinski definition) is 3. The second-order valence-corrected chi connectivity index (χ2v) is 5.65. The number of carbonyl (C=O) groups excluding carboxylic acids is 1. The summed E-state index contributed by atoms with van der Waals surface area (Å²) >= 11 is 1.51. The molecule has 2 atom stereocenters. The number of allylic oxidation sites excluding steroid dienone is 5. The highest BCUT2D eigenvalue weighted by Gasteiger charge is 2.35. The van der Waals surface area contributed by atoms with E-state index in [0.29, 0.717) is 0 Å². The van der Waals surface area contributed by atoms with Crippen LogP contribution in [0.15, 0.2) is 46.9 Å². The third-order valence-corrected chi connectivity index (χ3v) is 4.61. The summed E-state index contributed by atoms with van der Waals surface area (Å²) in [6, 6.07) is -0.463. The van der Waals surface area contributed by atoms with Crippen LogP contribution < -0.4 is 4.72 Å². The molecule has 1 aliphatic heterocycles. The van der Waals surface area contributed by atoms with E-state index >= 15 is 0 Å². The highest BCUT2D eigenvalue weighted by molar-refractivity contribution is 7.97. The third kappa shape index (κ3) is 1.80. The molecule has 18 heavy (non-hydrogen) atoms. The molecule has 1 heterocycles. The molecule has 2 nitrogen and oxygen atoms in total. The topological polar surface area (TPSA) is 29.1 Å². The molecule has 94 valence electrons. The molecule has 3 aliphatic rings. The maximum Gasteiger partial charge on any atom is 0.185 e. The summed E-state index contributed by atoms with van der Waals surface area (Å²) in [6.07, 6.45) is 7.88. The van der Waals surface area contributed by atoms with E-state index < -0.39 is 6.04 Å². The molecular weight excluding hydrogens is 249 g/mol. The van der Waals surface area contributed by atoms with Crippen molar-refractivity contribution < 1.29 is 9.18 Å². The number of ketones is 1. The van der Waals surface area contributed by atoms with Crippen LogP contribution in [0.4, 0.5) is 4.39 Å². The normalized spacial score (nSPS) is 31.3. The van der Waals surface area contributed by atoms with Crippen molar-refractivity contribution in [3.8, 4) is 0 Å². The summed E-state index contributed by atoms with van der Waals surface area (Å²) in [5, 5.41) is 0. The Morgan fingerprint density at radius 2 is 2.33 bits per heavy atom. The molecule has 3 rings (SSSR count). The highest BCUT2D eigenvalue weighted by Crippen LogP contribution is 2.37. The van der Waals surface area contributed by atoms with Gasteiger partial charge in [-0.15, -0.1) is 0 Å². The van der Waals surface area contributed by atoms with E-state index in [9.17, 15) is 9.18 Å². The maximum absolute atomic E-state index is 13.9. The van der Waals surface area contributed by atoms with Gasteiger partial charge >= 0.3 is 0 Å². The van der Waals surface area contributed by atoms with Crippen LogP contribution in [0.2, 0.25) is 0 Å². The fourth-order valence-corrected chi connectivity index (χ4v) is 3.63. The monoisotopic (exact) mass is 263 g/mol. The van der Waals surface area contributed by atoms with Gasteiger partial charge in [0, 0.05) is 17.2 Å². The van der Waals surface area contributed by atoms with Crippen molar-refractivity contribution >= 4 is 17.7 Å². The van der Waals surface area contributed by atoms with Crippen LogP contribution in [0.5, 0.6) is 0 Å². The number of nitrogens with one attached hydrogen (secondary N) is 1. The SMILES string of the molecule is CC1=CCC2CSNC3C(F)=CC=CC3=C2C1=O. The van der Waals surface area contributed by atoms with E-state index in [1.165, 1.54) is 18.0 Å². The summed E-state index contributed by atoms with van der Waals surface area (Å²) in [7, 11) is 0. The lowest BCUT2D eigenvalue weighted by Crippen LogP contribution is -2.28. The smallest absolute Gasteiger partial charge is 0.185 e. The Balaban J connectivity index is 2.15. The summed E-state index contributed by atoms with van der Waals surface area (Å²) in [6.45, 7) is 1.84.